The lowest BCUT2D eigenvalue weighted by atomic mass is 10.1. The Morgan fingerprint density at radius 3 is 2.35 bits per heavy atom. The van der Waals surface area contributed by atoms with Gasteiger partial charge in [-0.3, -0.25) is 4.79 Å². The monoisotopic (exact) mass is 379 g/mol. The summed E-state index contributed by atoms with van der Waals surface area (Å²) in [5, 5.41) is 3.20. The van der Waals surface area contributed by atoms with Gasteiger partial charge in [0.15, 0.2) is 0 Å². The van der Waals surface area contributed by atoms with Crippen molar-refractivity contribution in [2.75, 3.05) is 39.3 Å². The third kappa shape index (κ3) is 4.84. The fraction of sp³-hybridized carbons (Fsp3) is 0.632. The van der Waals surface area contributed by atoms with Crippen LogP contribution in [0, 0.1) is 5.92 Å². The molecule has 1 N–H and O–H groups in total. The molecule has 0 atom stereocenters. The van der Waals surface area contributed by atoms with Gasteiger partial charge in [-0.2, -0.15) is 4.31 Å². The number of nitrogens with one attached hydrogen (secondary N) is 1. The molecule has 0 bridgehead atoms. The Labute approximate surface area is 156 Å². The molecule has 1 amide bonds. The molecule has 2 aliphatic rings. The number of hydrogen-bond donors (Lipinski definition) is 1. The highest BCUT2D eigenvalue weighted by Gasteiger charge is 2.30. The molecule has 1 saturated carbocycles. The Hall–Kier alpha value is -1.44. The lowest BCUT2D eigenvalue weighted by Gasteiger charge is -2.34. The number of carbonyl (C=O) groups is 1. The summed E-state index contributed by atoms with van der Waals surface area (Å²) in [4.78, 5) is 14.3. The summed E-state index contributed by atoms with van der Waals surface area (Å²) in [7, 11) is -3.48. The Morgan fingerprint density at radius 1 is 1.12 bits per heavy atom. The van der Waals surface area contributed by atoms with Crippen LogP contribution in [0.25, 0.3) is 0 Å². The Balaban J connectivity index is 1.51. The van der Waals surface area contributed by atoms with Crippen LogP contribution < -0.4 is 5.32 Å². The van der Waals surface area contributed by atoms with Gasteiger partial charge in [-0.15, -0.1) is 0 Å². The first-order valence-corrected chi connectivity index (χ1v) is 11.0. The molecule has 0 unspecified atom stereocenters. The fourth-order valence-corrected chi connectivity index (χ4v) is 4.68. The highest BCUT2D eigenvalue weighted by Crippen LogP contribution is 2.27. The summed E-state index contributed by atoms with van der Waals surface area (Å²) >= 11 is 0. The van der Waals surface area contributed by atoms with E-state index < -0.39 is 10.0 Å². The summed E-state index contributed by atoms with van der Waals surface area (Å²) in [5.74, 6) is 0.806. The molecule has 7 heteroatoms. The minimum absolute atomic E-state index is 0.0617. The molecule has 1 heterocycles. The van der Waals surface area contributed by atoms with Gasteiger partial charge >= 0.3 is 0 Å². The second-order valence-corrected chi connectivity index (χ2v) is 9.19. The molecule has 1 aromatic carbocycles. The first-order chi connectivity index (χ1) is 12.5. The van der Waals surface area contributed by atoms with Gasteiger partial charge in [-0.05, 0) is 49.4 Å². The van der Waals surface area contributed by atoms with Gasteiger partial charge in [0.1, 0.15) is 0 Å². The molecule has 2 fully saturated rings. The van der Waals surface area contributed by atoms with Crippen LogP contribution in [-0.4, -0.2) is 62.8 Å². The van der Waals surface area contributed by atoms with Crippen LogP contribution in [0.2, 0.25) is 0 Å². The molecule has 1 saturated heterocycles. The van der Waals surface area contributed by atoms with Crippen molar-refractivity contribution in [2.45, 2.75) is 37.5 Å². The number of aryl methyl sites for hydroxylation is 1. The lowest BCUT2D eigenvalue weighted by molar-refractivity contribution is -0.131. The van der Waals surface area contributed by atoms with Gasteiger partial charge in [0.05, 0.1) is 11.4 Å². The highest BCUT2D eigenvalue weighted by atomic mass is 32.2. The molecule has 1 aliphatic carbocycles. The molecule has 3 rings (SSSR count). The van der Waals surface area contributed by atoms with Crippen LogP contribution in [0.1, 0.15) is 31.7 Å². The average Bonchev–Trinajstić information content (AvgIpc) is 3.47. The van der Waals surface area contributed by atoms with E-state index in [-0.39, 0.29) is 5.91 Å². The normalized spacial score (nSPS) is 18.9. The van der Waals surface area contributed by atoms with Gasteiger partial charge in [-0.1, -0.05) is 25.5 Å². The SMILES string of the molecule is CCCc1ccc(S(=O)(=O)N2CCN(C(=O)CNCC3CC3)CC2)cc1. The highest BCUT2D eigenvalue weighted by molar-refractivity contribution is 7.89. The lowest BCUT2D eigenvalue weighted by Crippen LogP contribution is -2.52. The molecule has 0 radical (unpaired) electrons. The maximum atomic E-state index is 12.8. The molecule has 1 aromatic rings. The fourth-order valence-electron chi connectivity index (χ4n) is 3.26. The van der Waals surface area contributed by atoms with Crippen molar-refractivity contribution >= 4 is 15.9 Å². The van der Waals surface area contributed by atoms with Gasteiger partial charge < -0.3 is 10.2 Å². The van der Waals surface area contributed by atoms with E-state index in [0.29, 0.717) is 37.6 Å². The summed E-state index contributed by atoms with van der Waals surface area (Å²) < 4.78 is 27.1. The topological polar surface area (TPSA) is 69.7 Å². The summed E-state index contributed by atoms with van der Waals surface area (Å²) in [5.41, 5.74) is 1.15. The zero-order valence-electron chi connectivity index (χ0n) is 15.5. The first-order valence-electron chi connectivity index (χ1n) is 9.58. The number of carbonyl (C=O) groups excluding carboxylic acids is 1. The smallest absolute Gasteiger partial charge is 0.243 e. The summed E-state index contributed by atoms with van der Waals surface area (Å²) in [6.45, 7) is 4.98. The molecule has 26 heavy (non-hydrogen) atoms. The predicted octanol–water partition coefficient (Wildman–Crippen LogP) is 1.47. The molecule has 0 aromatic heterocycles. The van der Waals surface area contributed by atoms with E-state index in [1.807, 2.05) is 12.1 Å². The van der Waals surface area contributed by atoms with E-state index in [1.54, 1.807) is 17.0 Å². The van der Waals surface area contributed by atoms with E-state index in [9.17, 15) is 13.2 Å². The first kappa shape index (κ1) is 19.3. The van der Waals surface area contributed by atoms with E-state index in [0.717, 1.165) is 30.9 Å². The predicted molar refractivity (Wildman–Crippen MR) is 101 cm³/mol. The van der Waals surface area contributed by atoms with Crippen molar-refractivity contribution in [3.63, 3.8) is 0 Å². The van der Waals surface area contributed by atoms with Gasteiger partial charge in [-0.25, -0.2) is 8.42 Å². The Morgan fingerprint density at radius 2 is 1.77 bits per heavy atom. The van der Waals surface area contributed by atoms with E-state index in [4.69, 9.17) is 0 Å². The van der Waals surface area contributed by atoms with E-state index in [2.05, 4.69) is 12.2 Å². The minimum atomic E-state index is -3.48. The van der Waals surface area contributed by atoms with Crippen LogP contribution in [-0.2, 0) is 21.2 Å². The summed E-state index contributed by atoms with van der Waals surface area (Å²) in [6.07, 6.45) is 4.52. The van der Waals surface area contributed by atoms with Crippen molar-refractivity contribution in [3.05, 3.63) is 29.8 Å². The van der Waals surface area contributed by atoms with Gasteiger partial charge in [0.2, 0.25) is 15.9 Å². The minimum Gasteiger partial charge on any atom is -0.339 e. The number of hydrogen-bond acceptors (Lipinski definition) is 4. The molecule has 6 nitrogen and oxygen atoms in total. The van der Waals surface area contributed by atoms with E-state index >= 15 is 0 Å². The maximum Gasteiger partial charge on any atom is 0.243 e. The van der Waals surface area contributed by atoms with Crippen molar-refractivity contribution in [1.82, 2.24) is 14.5 Å². The van der Waals surface area contributed by atoms with Crippen LogP contribution in [0.4, 0.5) is 0 Å². The van der Waals surface area contributed by atoms with Gasteiger partial charge in [0, 0.05) is 26.2 Å². The molecular weight excluding hydrogens is 350 g/mol. The third-order valence-corrected chi connectivity index (χ3v) is 7.01. The van der Waals surface area contributed by atoms with E-state index in [1.165, 1.54) is 17.1 Å². The zero-order valence-corrected chi connectivity index (χ0v) is 16.3. The third-order valence-electron chi connectivity index (χ3n) is 5.10. The Kier molecular flexibility index (Phi) is 6.32. The zero-order chi connectivity index (χ0) is 18.6. The van der Waals surface area contributed by atoms with Crippen LogP contribution in [0.5, 0.6) is 0 Å². The number of amides is 1. The molecule has 1 aliphatic heterocycles. The summed E-state index contributed by atoms with van der Waals surface area (Å²) in [6, 6.07) is 7.17. The number of sulfonamides is 1. The Bertz CT molecular complexity index is 706. The average molecular weight is 380 g/mol. The number of rotatable bonds is 8. The van der Waals surface area contributed by atoms with Crippen molar-refractivity contribution < 1.29 is 13.2 Å². The maximum absolute atomic E-state index is 12.8. The van der Waals surface area contributed by atoms with Crippen molar-refractivity contribution in [2.24, 2.45) is 5.92 Å². The van der Waals surface area contributed by atoms with Crippen LogP contribution in [0.15, 0.2) is 29.2 Å². The quantitative estimate of drug-likeness (QED) is 0.743. The van der Waals surface area contributed by atoms with Crippen LogP contribution >= 0.6 is 0 Å². The number of piperazine rings is 1. The second kappa shape index (κ2) is 8.50. The van der Waals surface area contributed by atoms with Crippen molar-refractivity contribution in [3.8, 4) is 0 Å². The molecular formula is C19H29N3O3S. The molecule has 144 valence electrons. The van der Waals surface area contributed by atoms with Crippen molar-refractivity contribution in [1.29, 1.82) is 0 Å². The largest absolute Gasteiger partial charge is 0.339 e. The van der Waals surface area contributed by atoms with Crippen LogP contribution in [0.3, 0.4) is 0 Å². The van der Waals surface area contributed by atoms with Gasteiger partial charge in [0.25, 0.3) is 0 Å². The number of nitrogens with zero attached hydrogens (tertiary/aromatic N) is 2. The number of benzene rings is 1. The molecule has 0 spiro atoms. The second-order valence-electron chi connectivity index (χ2n) is 7.25. The standard InChI is InChI=1S/C19H29N3O3S/c1-2-3-16-6-8-18(9-7-16)26(24,25)22-12-10-21(11-13-22)19(23)15-20-14-17-4-5-17/h6-9,17,20H,2-5,10-15H2,1H3.